The number of methoxy groups -OCH3 is 1. The molecular formula is C13H15N3O4S. The number of rotatable bonds is 6. The fourth-order valence-corrected chi connectivity index (χ4v) is 2.60. The first kappa shape index (κ1) is 15.2. The van der Waals surface area contributed by atoms with E-state index in [9.17, 15) is 9.59 Å². The van der Waals surface area contributed by atoms with E-state index in [1.54, 1.807) is 23.7 Å². The number of nitrogens with zero attached hydrogens (tertiary/aromatic N) is 2. The van der Waals surface area contributed by atoms with E-state index >= 15 is 0 Å². The van der Waals surface area contributed by atoms with E-state index < -0.39 is 5.97 Å². The molecule has 0 aliphatic heterocycles. The van der Waals surface area contributed by atoms with Gasteiger partial charge < -0.3 is 19.7 Å². The zero-order valence-electron chi connectivity index (χ0n) is 11.6. The highest BCUT2D eigenvalue weighted by molar-refractivity contribution is 7.99. The van der Waals surface area contributed by atoms with Gasteiger partial charge in [-0.05, 0) is 12.1 Å². The molecule has 2 aromatic rings. The second-order valence-electron chi connectivity index (χ2n) is 4.16. The summed E-state index contributed by atoms with van der Waals surface area (Å²) in [5, 5.41) is 11.8. The third kappa shape index (κ3) is 3.27. The lowest BCUT2D eigenvalue weighted by Gasteiger charge is -2.07. The molecule has 8 heteroatoms. The van der Waals surface area contributed by atoms with Gasteiger partial charge in [0.25, 0.3) is 0 Å². The van der Waals surface area contributed by atoms with Crippen LogP contribution < -0.4 is 10.1 Å². The predicted molar refractivity (Wildman–Crippen MR) is 78.7 cm³/mol. The Morgan fingerprint density at radius 1 is 1.48 bits per heavy atom. The number of carbonyl (C=O) groups is 2. The molecular weight excluding hydrogens is 294 g/mol. The molecule has 2 rings (SSSR count). The average Bonchev–Trinajstić information content (AvgIpc) is 2.82. The Bertz CT molecular complexity index is 683. The number of nitrogens with one attached hydrogen (secondary N) is 1. The minimum atomic E-state index is -0.939. The van der Waals surface area contributed by atoms with Gasteiger partial charge in [-0.3, -0.25) is 9.59 Å². The van der Waals surface area contributed by atoms with Crippen LogP contribution in [-0.2, 0) is 16.1 Å². The van der Waals surface area contributed by atoms with Gasteiger partial charge in [-0.1, -0.05) is 17.8 Å². The molecule has 1 aromatic heterocycles. The monoisotopic (exact) mass is 309 g/mol. The summed E-state index contributed by atoms with van der Waals surface area (Å²) in [6.07, 6.45) is 0. The van der Waals surface area contributed by atoms with Gasteiger partial charge in [0.1, 0.15) is 17.8 Å². The van der Waals surface area contributed by atoms with Gasteiger partial charge in [0.2, 0.25) is 5.91 Å². The Balaban J connectivity index is 2.50. The molecule has 7 nitrogen and oxygen atoms in total. The van der Waals surface area contributed by atoms with Gasteiger partial charge in [0.15, 0.2) is 5.16 Å². The summed E-state index contributed by atoms with van der Waals surface area (Å²) in [5.41, 5.74) is 1.34. The summed E-state index contributed by atoms with van der Waals surface area (Å²) < 4.78 is 6.94. The standard InChI is InChI=1S/C13H15N3O4S/c1-14-10(17)6-16-8-4-3-5-9(20-2)12(8)15-13(16)21-7-11(18)19/h3-5H,6-7H2,1-2H3,(H,14,17)(H,18,19). The maximum atomic E-state index is 11.7. The molecule has 0 spiro atoms. The van der Waals surface area contributed by atoms with Gasteiger partial charge in [-0.25, -0.2) is 4.98 Å². The fraction of sp³-hybridized carbons (Fsp3) is 0.308. The number of para-hydroxylation sites is 1. The number of carboxylic acid groups (broad SMARTS) is 1. The summed E-state index contributed by atoms with van der Waals surface area (Å²) in [4.78, 5) is 26.8. The first-order valence-electron chi connectivity index (χ1n) is 6.15. The third-order valence-corrected chi connectivity index (χ3v) is 3.79. The number of aromatic nitrogens is 2. The van der Waals surface area contributed by atoms with Crippen LogP contribution in [0.1, 0.15) is 0 Å². The Labute approximate surface area is 125 Å². The maximum absolute atomic E-state index is 11.7. The van der Waals surface area contributed by atoms with Crippen LogP contribution in [0.15, 0.2) is 23.4 Å². The van der Waals surface area contributed by atoms with Gasteiger partial charge in [-0.15, -0.1) is 0 Å². The summed E-state index contributed by atoms with van der Waals surface area (Å²) in [5.74, 6) is -0.667. The lowest BCUT2D eigenvalue weighted by atomic mass is 10.3. The van der Waals surface area contributed by atoms with Crippen LogP contribution in [0, 0.1) is 0 Å². The second kappa shape index (κ2) is 6.49. The Kier molecular flexibility index (Phi) is 4.69. The van der Waals surface area contributed by atoms with Crippen LogP contribution in [0.25, 0.3) is 11.0 Å². The SMILES string of the molecule is CNC(=O)Cn1c(SCC(=O)O)nc2c(OC)cccc21. The number of carbonyl (C=O) groups excluding carboxylic acids is 1. The molecule has 1 amide bonds. The second-order valence-corrected chi connectivity index (χ2v) is 5.11. The van der Waals surface area contributed by atoms with Crippen molar-refractivity contribution in [3.05, 3.63) is 18.2 Å². The molecule has 0 unspecified atom stereocenters. The van der Waals surface area contributed by atoms with Crippen molar-refractivity contribution in [2.75, 3.05) is 19.9 Å². The number of benzene rings is 1. The first-order valence-corrected chi connectivity index (χ1v) is 7.13. The highest BCUT2D eigenvalue weighted by Crippen LogP contribution is 2.29. The Morgan fingerprint density at radius 2 is 2.24 bits per heavy atom. The van der Waals surface area contributed by atoms with E-state index in [2.05, 4.69) is 10.3 Å². The van der Waals surface area contributed by atoms with Crippen molar-refractivity contribution in [3.8, 4) is 5.75 Å². The van der Waals surface area contributed by atoms with E-state index in [1.807, 2.05) is 6.07 Å². The molecule has 0 atom stereocenters. The maximum Gasteiger partial charge on any atom is 0.313 e. The highest BCUT2D eigenvalue weighted by atomic mass is 32.2. The van der Waals surface area contributed by atoms with Crippen molar-refractivity contribution in [1.29, 1.82) is 0 Å². The topological polar surface area (TPSA) is 93.5 Å². The number of thioether (sulfide) groups is 1. The largest absolute Gasteiger partial charge is 0.494 e. The zero-order valence-corrected chi connectivity index (χ0v) is 12.4. The van der Waals surface area contributed by atoms with E-state index in [0.29, 0.717) is 16.4 Å². The van der Waals surface area contributed by atoms with Crippen molar-refractivity contribution in [3.63, 3.8) is 0 Å². The number of amides is 1. The summed E-state index contributed by atoms with van der Waals surface area (Å²) in [6, 6.07) is 5.39. The van der Waals surface area contributed by atoms with Crippen LogP contribution in [0.4, 0.5) is 0 Å². The molecule has 0 saturated heterocycles. The minimum Gasteiger partial charge on any atom is -0.494 e. The lowest BCUT2D eigenvalue weighted by molar-refractivity contribution is -0.133. The van der Waals surface area contributed by atoms with Gasteiger partial charge in [0.05, 0.1) is 18.4 Å². The third-order valence-electron chi connectivity index (χ3n) is 2.83. The number of likely N-dealkylation sites (N-methyl/N-ethyl adjacent to an activating group) is 1. The van der Waals surface area contributed by atoms with Crippen molar-refractivity contribution in [2.24, 2.45) is 0 Å². The minimum absolute atomic E-state index is 0.0715. The lowest BCUT2D eigenvalue weighted by Crippen LogP contribution is -2.23. The molecule has 0 radical (unpaired) electrons. The molecule has 21 heavy (non-hydrogen) atoms. The summed E-state index contributed by atoms with van der Waals surface area (Å²) in [7, 11) is 3.09. The first-order chi connectivity index (χ1) is 10.1. The highest BCUT2D eigenvalue weighted by Gasteiger charge is 2.17. The van der Waals surface area contributed by atoms with Crippen LogP contribution >= 0.6 is 11.8 Å². The predicted octanol–water partition coefficient (Wildman–Crippen LogP) is 0.968. The van der Waals surface area contributed by atoms with Gasteiger partial charge in [-0.2, -0.15) is 0 Å². The van der Waals surface area contributed by atoms with Crippen molar-refractivity contribution in [1.82, 2.24) is 14.9 Å². The zero-order chi connectivity index (χ0) is 15.4. The van der Waals surface area contributed by atoms with E-state index in [1.165, 1.54) is 7.11 Å². The Hall–Kier alpha value is -2.22. The van der Waals surface area contributed by atoms with Gasteiger partial charge in [0, 0.05) is 7.05 Å². The number of hydrogen-bond acceptors (Lipinski definition) is 5. The molecule has 2 N–H and O–H groups in total. The fourth-order valence-electron chi connectivity index (χ4n) is 1.88. The normalized spacial score (nSPS) is 10.6. The average molecular weight is 309 g/mol. The van der Waals surface area contributed by atoms with Crippen molar-refractivity contribution >= 4 is 34.7 Å². The number of aliphatic carboxylic acids is 1. The Morgan fingerprint density at radius 3 is 2.86 bits per heavy atom. The van der Waals surface area contributed by atoms with E-state index in [-0.39, 0.29) is 18.2 Å². The van der Waals surface area contributed by atoms with Crippen molar-refractivity contribution in [2.45, 2.75) is 11.7 Å². The molecule has 112 valence electrons. The number of carboxylic acids is 1. The molecule has 1 heterocycles. The molecule has 0 saturated carbocycles. The number of imidazole rings is 1. The molecule has 1 aromatic carbocycles. The van der Waals surface area contributed by atoms with E-state index in [0.717, 1.165) is 17.3 Å². The smallest absolute Gasteiger partial charge is 0.313 e. The molecule has 0 fully saturated rings. The van der Waals surface area contributed by atoms with E-state index in [4.69, 9.17) is 9.84 Å². The van der Waals surface area contributed by atoms with Crippen LogP contribution in [-0.4, -0.2) is 46.4 Å². The van der Waals surface area contributed by atoms with Crippen LogP contribution in [0.5, 0.6) is 5.75 Å². The van der Waals surface area contributed by atoms with Crippen LogP contribution in [0.3, 0.4) is 0 Å². The molecule has 0 bridgehead atoms. The number of hydrogen-bond donors (Lipinski definition) is 2. The number of fused-ring (bicyclic) bond motifs is 1. The van der Waals surface area contributed by atoms with Crippen LogP contribution in [0.2, 0.25) is 0 Å². The van der Waals surface area contributed by atoms with Gasteiger partial charge >= 0.3 is 5.97 Å². The summed E-state index contributed by atoms with van der Waals surface area (Å²) in [6.45, 7) is 0.0715. The molecule has 0 aliphatic carbocycles. The quantitative estimate of drug-likeness (QED) is 0.772. The molecule has 0 aliphatic rings. The number of ether oxygens (including phenoxy) is 1. The van der Waals surface area contributed by atoms with Crippen molar-refractivity contribution < 1.29 is 19.4 Å². The summed E-state index contributed by atoms with van der Waals surface area (Å²) >= 11 is 1.07.